The highest BCUT2D eigenvalue weighted by Crippen LogP contribution is 2.16. The molecule has 0 saturated carbocycles. The molecule has 0 amide bonds. The van der Waals surface area contributed by atoms with Crippen LogP contribution in [-0.4, -0.2) is 24.7 Å². The summed E-state index contributed by atoms with van der Waals surface area (Å²) in [4.78, 5) is 23.4. The van der Waals surface area contributed by atoms with Crippen LogP contribution in [0.1, 0.15) is 110 Å². The molecule has 0 aromatic rings. The second kappa shape index (κ2) is 19.0. The molecule has 0 aromatic carbocycles. The minimum absolute atomic E-state index is 0.0832. The number of Topliss-reactive ketones (excluding diaryl/α,β-unsaturated/α-hetero) is 1. The Labute approximate surface area is 161 Å². The second-order valence-electron chi connectivity index (χ2n) is 7.71. The average molecular weight is 369 g/mol. The van der Waals surface area contributed by atoms with Crippen LogP contribution < -0.4 is 11.5 Å². The van der Waals surface area contributed by atoms with Gasteiger partial charge in [-0.25, -0.2) is 0 Å². The number of unbranched alkanes of at least 4 members (excludes halogenated alkanes) is 12. The minimum atomic E-state index is -0.508. The maximum Gasteiger partial charge on any atom is 0.159 e. The smallest absolute Gasteiger partial charge is 0.159 e. The molecule has 0 spiro atoms. The molecule has 1 unspecified atom stereocenters. The van der Waals surface area contributed by atoms with Crippen LogP contribution in [0.3, 0.4) is 0 Å². The molecule has 0 aliphatic carbocycles. The van der Waals surface area contributed by atoms with Crippen LogP contribution >= 0.6 is 0 Å². The summed E-state index contributed by atoms with van der Waals surface area (Å²) in [7, 11) is 0. The van der Waals surface area contributed by atoms with Crippen molar-refractivity contribution in [3.8, 4) is 0 Å². The third-order valence-corrected chi connectivity index (χ3v) is 5.23. The Morgan fingerprint density at radius 3 is 1.69 bits per heavy atom. The van der Waals surface area contributed by atoms with Crippen LogP contribution in [0.5, 0.6) is 0 Å². The zero-order chi connectivity index (χ0) is 19.5. The van der Waals surface area contributed by atoms with E-state index in [0.717, 1.165) is 32.0 Å². The number of hydrogen-bond donors (Lipinski definition) is 2. The number of aldehydes is 1. The van der Waals surface area contributed by atoms with E-state index < -0.39 is 12.0 Å². The maximum atomic E-state index is 12.2. The maximum absolute atomic E-state index is 12.2. The van der Waals surface area contributed by atoms with Crippen LogP contribution in [0.4, 0.5) is 0 Å². The summed E-state index contributed by atoms with van der Waals surface area (Å²) in [5.41, 5.74) is 11.4. The summed E-state index contributed by atoms with van der Waals surface area (Å²) in [5.74, 6) is -0.592. The van der Waals surface area contributed by atoms with Crippen molar-refractivity contribution >= 4 is 12.1 Å². The molecular formula is C22H44N2O2. The topological polar surface area (TPSA) is 86.2 Å². The molecular weight excluding hydrogens is 324 g/mol. The highest BCUT2D eigenvalue weighted by molar-refractivity contribution is 5.96. The molecule has 0 rings (SSSR count). The fraction of sp³-hybridized carbons (Fsp3) is 0.909. The first kappa shape index (κ1) is 25.3. The molecule has 0 radical (unpaired) electrons. The lowest BCUT2D eigenvalue weighted by molar-refractivity contribution is -0.128. The van der Waals surface area contributed by atoms with Crippen molar-refractivity contribution in [3.05, 3.63) is 0 Å². The van der Waals surface area contributed by atoms with Gasteiger partial charge in [0, 0.05) is 0 Å². The molecule has 4 N–H and O–H groups in total. The summed E-state index contributed by atoms with van der Waals surface area (Å²) in [6.07, 6.45) is 19.2. The molecule has 0 saturated heterocycles. The lowest BCUT2D eigenvalue weighted by Crippen LogP contribution is -2.36. The zero-order valence-electron chi connectivity index (χ0n) is 17.2. The van der Waals surface area contributed by atoms with Crippen molar-refractivity contribution in [3.63, 3.8) is 0 Å². The van der Waals surface area contributed by atoms with E-state index in [1.807, 2.05) is 0 Å². The molecule has 4 nitrogen and oxygen atoms in total. The van der Waals surface area contributed by atoms with E-state index in [0.29, 0.717) is 19.4 Å². The van der Waals surface area contributed by atoms with E-state index in [9.17, 15) is 9.59 Å². The third kappa shape index (κ3) is 14.4. The summed E-state index contributed by atoms with van der Waals surface area (Å²) < 4.78 is 0. The largest absolute Gasteiger partial charge is 0.330 e. The van der Waals surface area contributed by atoms with Crippen molar-refractivity contribution in [2.75, 3.05) is 6.54 Å². The number of carbonyl (C=O) groups is 2. The van der Waals surface area contributed by atoms with Crippen LogP contribution in [-0.2, 0) is 9.59 Å². The minimum Gasteiger partial charge on any atom is -0.330 e. The normalized spacial score (nSPS) is 13.5. The van der Waals surface area contributed by atoms with Gasteiger partial charge in [-0.2, -0.15) is 0 Å². The predicted molar refractivity (Wildman–Crippen MR) is 111 cm³/mol. The van der Waals surface area contributed by atoms with Gasteiger partial charge < -0.3 is 16.3 Å². The van der Waals surface area contributed by atoms with Gasteiger partial charge in [-0.1, -0.05) is 90.4 Å². The van der Waals surface area contributed by atoms with Gasteiger partial charge in [-0.3, -0.25) is 4.79 Å². The molecule has 0 aliphatic rings. The molecule has 26 heavy (non-hydrogen) atoms. The Balaban J connectivity index is 3.59. The zero-order valence-corrected chi connectivity index (χ0v) is 17.2. The average Bonchev–Trinajstić information content (AvgIpc) is 2.65. The van der Waals surface area contributed by atoms with E-state index in [4.69, 9.17) is 11.5 Å². The quantitative estimate of drug-likeness (QED) is 0.181. The second-order valence-corrected chi connectivity index (χ2v) is 7.71. The monoisotopic (exact) mass is 368 g/mol. The Hall–Kier alpha value is -0.740. The fourth-order valence-corrected chi connectivity index (χ4v) is 3.41. The number of nitrogens with two attached hydrogens (primary N) is 2. The lowest BCUT2D eigenvalue weighted by Gasteiger charge is -2.15. The predicted octanol–water partition coefficient (Wildman–Crippen LogP) is 4.92. The molecule has 0 aromatic heterocycles. The van der Waals surface area contributed by atoms with Crippen LogP contribution in [0, 0.1) is 5.92 Å². The van der Waals surface area contributed by atoms with Crippen molar-refractivity contribution in [2.24, 2.45) is 17.4 Å². The standard InChI is InChI=1S/C22H44N2O2/c1-2-3-4-5-6-7-8-9-10-11-12-13-16-20(19-25)22(26)21(24)17-14-15-18-23/h19-21H,2-18,23-24H2,1H3/t20?,21-/m0/s1. The number of rotatable bonds is 20. The number of hydrogen-bond acceptors (Lipinski definition) is 4. The summed E-state index contributed by atoms with van der Waals surface area (Å²) in [6, 6.07) is -0.505. The van der Waals surface area contributed by atoms with Gasteiger partial charge in [-0.15, -0.1) is 0 Å². The van der Waals surface area contributed by atoms with E-state index in [1.165, 1.54) is 64.2 Å². The van der Waals surface area contributed by atoms with Crippen molar-refractivity contribution in [2.45, 2.75) is 116 Å². The van der Waals surface area contributed by atoms with E-state index in [-0.39, 0.29) is 5.78 Å². The first-order valence-electron chi connectivity index (χ1n) is 11.1. The fourth-order valence-electron chi connectivity index (χ4n) is 3.41. The van der Waals surface area contributed by atoms with Crippen LogP contribution in [0.15, 0.2) is 0 Å². The van der Waals surface area contributed by atoms with E-state index in [2.05, 4.69) is 6.92 Å². The van der Waals surface area contributed by atoms with Gasteiger partial charge in [0.1, 0.15) is 6.29 Å². The Kier molecular flexibility index (Phi) is 18.5. The SMILES string of the molecule is CCCCCCCCCCCCCCC(C=O)C(=O)[C@@H](N)CCCCN. The van der Waals surface area contributed by atoms with Crippen molar-refractivity contribution in [1.29, 1.82) is 0 Å². The number of ketones is 1. The summed E-state index contributed by atoms with van der Waals surface area (Å²) in [6.45, 7) is 2.88. The van der Waals surface area contributed by atoms with Crippen LogP contribution in [0.25, 0.3) is 0 Å². The molecule has 0 bridgehead atoms. The molecule has 2 atom stereocenters. The third-order valence-electron chi connectivity index (χ3n) is 5.23. The van der Waals surface area contributed by atoms with Crippen LogP contribution in [0.2, 0.25) is 0 Å². The van der Waals surface area contributed by atoms with E-state index in [1.54, 1.807) is 0 Å². The van der Waals surface area contributed by atoms with Gasteiger partial charge >= 0.3 is 0 Å². The Bertz CT molecular complexity index is 334. The molecule has 0 aliphatic heterocycles. The molecule has 0 fully saturated rings. The molecule has 0 heterocycles. The highest BCUT2D eigenvalue weighted by Gasteiger charge is 2.22. The number of carbonyl (C=O) groups excluding carboxylic acids is 2. The first-order chi connectivity index (χ1) is 12.7. The Morgan fingerprint density at radius 2 is 1.23 bits per heavy atom. The lowest BCUT2D eigenvalue weighted by atomic mass is 9.91. The van der Waals surface area contributed by atoms with Gasteiger partial charge in [0.25, 0.3) is 0 Å². The highest BCUT2D eigenvalue weighted by atomic mass is 16.1. The van der Waals surface area contributed by atoms with Gasteiger partial charge in [0.05, 0.1) is 12.0 Å². The van der Waals surface area contributed by atoms with Gasteiger partial charge in [0.2, 0.25) is 0 Å². The Morgan fingerprint density at radius 1 is 0.769 bits per heavy atom. The first-order valence-corrected chi connectivity index (χ1v) is 11.1. The van der Waals surface area contributed by atoms with Crippen molar-refractivity contribution in [1.82, 2.24) is 0 Å². The summed E-state index contributed by atoms with van der Waals surface area (Å²) >= 11 is 0. The molecule has 4 heteroatoms. The van der Waals surface area contributed by atoms with Crippen molar-refractivity contribution < 1.29 is 9.59 Å². The van der Waals surface area contributed by atoms with Gasteiger partial charge in [0.15, 0.2) is 5.78 Å². The molecule has 154 valence electrons. The van der Waals surface area contributed by atoms with E-state index >= 15 is 0 Å². The van der Waals surface area contributed by atoms with Gasteiger partial charge in [-0.05, 0) is 25.8 Å². The summed E-state index contributed by atoms with van der Waals surface area (Å²) in [5, 5.41) is 0.